The number of epoxide rings is 1. The minimum atomic E-state index is -1.20. The van der Waals surface area contributed by atoms with Gasteiger partial charge in [0.15, 0.2) is 12.5 Å². The molecule has 14 heteroatoms. The van der Waals surface area contributed by atoms with E-state index in [2.05, 4.69) is 21.9 Å². The van der Waals surface area contributed by atoms with E-state index in [0.29, 0.717) is 39.1 Å². The minimum absolute atomic E-state index is 0.0493. The van der Waals surface area contributed by atoms with Crippen LogP contribution in [0, 0.1) is 24.2 Å². The van der Waals surface area contributed by atoms with Crippen molar-refractivity contribution >= 4 is 35.4 Å². The Labute approximate surface area is 319 Å². The summed E-state index contributed by atoms with van der Waals surface area (Å²) >= 11 is 0. The molecule has 5 atom stereocenters. The van der Waals surface area contributed by atoms with Gasteiger partial charge in [-0.15, -0.1) is 12.3 Å². The summed E-state index contributed by atoms with van der Waals surface area (Å²) in [6.07, 6.45) is 6.53. The number of carbonyl (C=O) groups excluding carboxylic acids is 6. The molecule has 0 bridgehead atoms. The van der Waals surface area contributed by atoms with Gasteiger partial charge in [-0.05, 0) is 56.9 Å². The molecule has 2 saturated heterocycles. The predicted octanol–water partition coefficient (Wildman–Crippen LogP) is 1.99. The number of rotatable bonds is 22. The highest BCUT2D eigenvalue weighted by Crippen LogP contribution is 2.29. The molecular weight excluding hydrogens is 694 g/mol. The van der Waals surface area contributed by atoms with E-state index in [1.54, 1.807) is 6.92 Å². The Hall–Kier alpha value is -4.32. The fourth-order valence-electron chi connectivity index (χ4n) is 6.13. The summed E-state index contributed by atoms with van der Waals surface area (Å²) in [5.74, 6) is -0.775. The maximum Gasteiger partial charge on any atom is 0.308 e. The molecule has 0 radical (unpaired) electrons. The number of terminal acetylenes is 1. The molecule has 2 aliphatic rings. The number of amides is 4. The molecule has 298 valence electrons. The topological polar surface area (TPSA) is 176 Å². The second kappa shape index (κ2) is 21.5. The number of hydrogen-bond acceptors (Lipinski definition) is 10. The number of ether oxygens (including phenoxy) is 3. The van der Waals surface area contributed by atoms with Crippen LogP contribution in [0.15, 0.2) is 30.3 Å². The lowest BCUT2D eigenvalue weighted by Gasteiger charge is -2.35. The normalized spacial score (nSPS) is 19.1. The third-order valence-corrected chi connectivity index (χ3v) is 9.35. The van der Waals surface area contributed by atoms with Gasteiger partial charge in [0.1, 0.15) is 23.7 Å². The van der Waals surface area contributed by atoms with Gasteiger partial charge in [-0.2, -0.15) is 0 Å². The van der Waals surface area contributed by atoms with Gasteiger partial charge in [0.2, 0.25) is 23.6 Å². The van der Waals surface area contributed by atoms with Gasteiger partial charge >= 0.3 is 5.97 Å². The average molecular weight is 754 g/mol. The molecule has 54 heavy (non-hydrogen) atoms. The largest absolute Gasteiger partial charge is 0.444 e. The van der Waals surface area contributed by atoms with Crippen molar-refractivity contribution in [3.63, 3.8) is 0 Å². The zero-order chi connectivity index (χ0) is 39.8. The van der Waals surface area contributed by atoms with Gasteiger partial charge < -0.3 is 30.2 Å². The smallest absolute Gasteiger partial charge is 0.308 e. The number of ketones is 1. The SMILES string of the molecule is C#CCCC(=O)OCN(C(=O)[C@H](CCc1ccccc1)NC(=O)CN1CCOCC1)[C@@H](CC(C)C)C(=O)N[C@@H](C)C(=O)N[C@@H](CC(C)C)C(=O)[C@@]1(C)CO1. The van der Waals surface area contributed by atoms with E-state index in [-0.39, 0.29) is 62.4 Å². The Morgan fingerprint density at radius 3 is 2.17 bits per heavy atom. The quantitative estimate of drug-likeness (QED) is 0.0688. The number of Topliss-reactive ketones (excluding diaryl/α,β-unsaturated/α-hetero) is 1. The van der Waals surface area contributed by atoms with E-state index >= 15 is 0 Å². The monoisotopic (exact) mass is 753 g/mol. The average Bonchev–Trinajstić information content (AvgIpc) is 3.89. The molecule has 2 aliphatic heterocycles. The fraction of sp³-hybridized carbons (Fsp3) is 0.650. The van der Waals surface area contributed by atoms with Crippen LogP contribution < -0.4 is 16.0 Å². The first-order chi connectivity index (χ1) is 25.6. The summed E-state index contributed by atoms with van der Waals surface area (Å²) in [6.45, 7) is 12.7. The summed E-state index contributed by atoms with van der Waals surface area (Å²) in [5, 5.41) is 8.40. The molecule has 3 rings (SSSR count). The lowest BCUT2D eigenvalue weighted by atomic mass is 9.93. The van der Waals surface area contributed by atoms with Crippen LogP contribution in [-0.4, -0.2) is 121 Å². The van der Waals surface area contributed by atoms with E-state index < -0.39 is 60.2 Å². The number of nitrogens with zero attached hydrogens (tertiary/aromatic N) is 2. The first kappa shape index (κ1) is 44.1. The number of hydrogen-bond donors (Lipinski definition) is 3. The van der Waals surface area contributed by atoms with E-state index in [4.69, 9.17) is 20.6 Å². The van der Waals surface area contributed by atoms with Crippen molar-refractivity contribution in [3.05, 3.63) is 35.9 Å². The Morgan fingerprint density at radius 1 is 0.926 bits per heavy atom. The molecule has 2 heterocycles. The van der Waals surface area contributed by atoms with E-state index in [1.807, 2.05) is 62.9 Å². The van der Waals surface area contributed by atoms with Crippen molar-refractivity contribution in [2.24, 2.45) is 11.8 Å². The van der Waals surface area contributed by atoms with Crippen LogP contribution >= 0.6 is 0 Å². The number of carbonyl (C=O) groups is 6. The summed E-state index contributed by atoms with van der Waals surface area (Å²) in [6, 6.07) is 5.28. The molecule has 4 amide bonds. The van der Waals surface area contributed by atoms with Crippen LogP contribution in [-0.2, 0) is 49.4 Å². The minimum Gasteiger partial charge on any atom is -0.444 e. The zero-order valence-corrected chi connectivity index (χ0v) is 32.7. The number of benzene rings is 1. The number of nitrogens with one attached hydrogen (secondary N) is 3. The fourth-order valence-corrected chi connectivity index (χ4v) is 6.13. The van der Waals surface area contributed by atoms with Crippen LogP contribution in [0.4, 0.5) is 0 Å². The van der Waals surface area contributed by atoms with E-state index in [1.165, 1.54) is 6.92 Å². The maximum atomic E-state index is 14.6. The van der Waals surface area contributed by atoms with Gasteiger partial charge in [-0.3, -0.25) is 38.6 Å². The molecule has 0 spiro atoms. The highest BCUT2D eigenvalue weighted by Gasteiger charge is 2.50. The molecule has 3 N–H and O–H groups in total. The molecule has 14 nitrogen and oxygen atoms in total. The number of aryl methyl sites for hydroxylation is 1. The van der Waals surface area contributed by atoms with Gasteiger partial charge in [0.05, 0.1) is 38.8 Å². The van der Waals surface area contributed by atoms with E-state index in [0.717, 1.165) is 10.5 Å². The van der Waals surface area contributed by atoms with Crippen LogP contribution in [0.3, 0.4) is 0 Å². The molecule has 0 unspecified atom stereocenters. The summed E-state index contributed by atoms with van der Waals surface area (Å²) in [7, 11) is 0. The van der Waals surface area contributed by atoms with Crippen molar-refractivity contribution < 1.29 is 43.0 Å². The van der Waals surface area contributed by atoms with Gasteiger partial charge in [-0.1, -0.05) is 58.0 Å². The van der Waals surface area contributed by atoms with Gasteiger partial charge in [0.25, 0.3) is 0 Å². The number of morpholine rings is 1. The Bertz CT molecular complexity index is 1470. The standard InChI is InChI=1S/C40H59N5O9/c1-8-9-15-35(47)53-26-45(39(51)31(17-16-30-13-11-10-12-14-30)42-34(46)24-44-18-20-52-21-19-44)33(23-28(4)5)38(50)41-29(6)37(49)43-32(22-27(2)3)36(48)40(7)25-54-40/h1,10-14,27-29,31-33H,9,15-26H2,2-7H3,(H,41,50)(H,42,46)(H,43,49)/t29-,31-,32-,33-,40+/m0/s1. The van der Waals surface area contributed by atoms with Crippen molar-refractivity contribution in [2.45, 2.75) is 110 Å². The van der Waals surface area contributed by atoms with Crippen molar-refractivity contribution in [1.82, 2.24) is 25.8 Å². The van der Waals surface area contributed by atoms with Crippen LogP contribution in [0.2, 0.25) is 0 Å². The van der Waals surface area contributed by atoms with Gasteiger partial charge in [-0.25, -0.2) is 0 Å². The lowest BCUT2D eigenvalue weighted by molar-refractivity contribution is -0.160. The zero-order valence-electron chi connectivity index (χ0n) is 32.7. The van der Waals surface area contributed by atoms with Crippen molar-refractivity contribution in [3.8, 4) is 12.3 Å². The second-order valence-electron chi connectivity index (χ2n) is 15.1. The molecular formula is C40H59N5O9. The Kier molecular flexibility index (Phi) is 17.6. The summed E-state index contributed by atoms with van der Waals surface area (Å²) in [5.41, 5.74) is -0.00714. The van der Waals surface area contributed by atoms with Gasteiger partial charge in [0, 0.05) is 19.5 Å². The molecule has 0 aromatic heterocycles. The molecule has 0 saturated carbocycles. The third-order valence-electron chi connectivity index (χ3n) is 9.35. The third kappa shape index (κ3) is 14.5. The van der Waals surface area contributed by atoms with Crippen LogP contribution in [0.25, 0.3) is 0 Å². The van der Waals surface area contributed by atoms with E-state index in [9.17, 15) is 28.8 Å². The molecule has 1 aromatic rings. The Balaban J connectivity index is 1.89. The predicted molar refractivity (Wildman–Crippen MR) is 201 cm³/mol. The molecule has 1 aromatic carbocycles. The summed E-state index contributed by atoms with van der Waals surface area (Å²) in [4.78, 5) is 84.6. The lowest BCUT2D eigenvalue weighted by Crippen LogP contribution is -2.60. The Morgan fingerprint density at radius 2 is 1.57 bits per heavy atom. The second-order valence-corrected chi connectivity index (χ2v) is 15.1. The molecule has 0 aliphatic carbocycles. The van der Waals surface area contributed by atoms with Crippen molar-refractivity contribution in [1.29, 1.82) is 0 Å². The van der Waals surface area contributed by atoms with Crippen LogP contribution in [0.5, 0.6) is 0 Å². The van der Waals surface area contributed by atoms with Crippen LogP contribution in [0.1, 0.15) is 79.2 Å². The highest BCUT2D eigenvalue weighted by molar-refractivity contribution is 5.98. The van der Waals surface area contributed by atoms with Crippen molar-refractivity contribution in [2.75, 3.05) is 46.2 Å². The number of esters is 1. The maximum absolute atomic E-state index is 14.6. The first-order valence-corrected chi connectivity index (χ1v) is 19.0. The first-order valence-electron chi connectivity index (χ1n) is 19.0. The highest BCUT2D eigenvalue weighted by atomic mass is 16.6. The molecule has 2 fully saturated rings. The summed E-state index contributed by atoms with van der Waals surface area (Å²) < 4.78 is 16.3.